The molecular formula is C26H37N3O4S. The number of sulfonamides is 1. The maximum atomic E-state index is 13.3. The summed E-state index contributed by atoms with van der Waals surface area (Å²) in [5.74, 6) is -0.0213. The molecule has 34 heavy (non-hydrogen) atoms. The lowest BCUT2D eigenvalue weighted by molar-refractivity contribution is -0.141. The Balaban J connectivity index is 2.09. The van der Waals surface area contributed by atoms with Gasteiger partial charge in [0, 0.05) is 33.1 Å². The molecule has 0 saturated heterocycles. The Hall–Kier alpha value is -2.71. The first-order chi connectivity index (χ1) is 16.2. The van der Waals surface area contributed by atoms with E-state index in [1.807, 2.05) is 51.1 Å². The first-order valence-electron chi connectivity index (χ1n) is 11.8. The van der Waals surface area contributed by atoms with Gasteiger partial charge in [-0.25, -0.2) is 12.7 Å². The fourth-order valence-corrected chi connectivity index (χ4v) is 4.84. The Labute approximate surface area is 204 Å². The number of nitrogens with one attached hydrogen (secondary N) is 1. The molecule has 0 aliphatic carbocycles. The van der Waals surface area contributed by atoms with E-state index in [0.29, 0.717) is 31.8 Å². The molecule has 2 aromatic rings. The molecule has 2 aromatic carbocycles. The van der Waals surface area contributed by atoms with Gasteiger partial charge in [0.1, 0.15) is 6.04 Å². The molecule has 1 atom stereocenters. The lowest BCUT2D eigenvalue weighted by Crippen LogP contribution is -2.49. The smallest absolute Gasteiger partial charge is 0.242 e. The predicted molar refractivity (Wildman–Crippen MR) is 134 cm³/mol. The third kappa shape index (κ3) is 7.95. The van der Waals surface area contributed by atoms with Crippen molar-refractivity contribution in [2.45, 2.75) is 57.5 Å². The molecule has 0 unspecified atom stereocenters. The molecule has 0 spiro atoms. The summed E-state index contributed by atoms with van der Waals surface area (Å²) in [5.41, 5.74) is 0.940. The minimum absolute atomic E-state index is 0.148. The lowest BCUT2D eigenvalue weighted by Gasteiger charge is -2.31. The van der Waals surface area contributed by atoms with Crippen LogP contribution in [0.4, 0.5) is 0 Å². The minimum atomic E-state index is -3.61. The van der Waals surface area contributed by atoms with Crippen LogP contribution in [0.1, 0.15) is 45.6 Å². The van der Waals surface area contributed by atoms with Gasteiger partial charge in [-0.05, 0) is 36.5 Å². The van der Waals surface area contributed by atoms with Crippen molar-refractivity contribution in [3.8, 4) is 0 Å². The average molecular weight is 488 g/mol. The summed E-state index contributed by atoms with van der Waals surface area (Å²) in [5, 5.41) is 2.95. The Morgan fingerprint density at radius 1 is 0.971 bits per heavy atom. The number of hydrogen-bond donors (Lipinski definition) is 1. The van der Waals surface area contributed by atoms with E-state index in [4.69, 9.17) is 0 Å². The van der Waals surface area contributed by atoms with Crippen molar-refractivity contribution in [3.63, 3.8) is 0 Å². The van der Waals surface area contributed by atoms with E-state index in [2.05, 4.69) is 5.32 Å². The molecule has 0 radical (unpaired) electrons. The lowest BCUT2D eigenvalue weighted by atomic mass is 10.1. The van der Waals surface area contributed by atoms with Crippen molar-refractivity contribution in [1.82, 2.24) is 14.5 Å². The first-order valence-corrected chi connectivity index (χ1v) is 13.2. The molecule has 0 fully saturated rings. The highest BCUT2D eigenvalue weighted by atomic mass is 32.2. The number of carbonyl (C=O) groups is 2. The topological polar surface area (TPSA) is 86.8 Å². The van der Waals surface area contributed by atoms with Gasteiger partial charge in [0.2, 0.25) is 21.8 Å². The molecule has 8 heteroatoms. The van der Waals surface area contributed by atoms with Gasteiger partial charge in [-0.3, -0.25) is 9.59 Å². The molecule has 0 aliphatic heterocycles. The molecule has 2 amide bonds. The summed E-state index contributed by atoms with van der Waals surface area (Å²) in [7, 11) is -2.09. The Kier molecular flexibility index (Phi) is 10.7. The van der Waals surface area contributed by atoms with Crippen molar-refractivity contribution in [1.29, 1.82) is 0 Å². The van der Waals surface area contributed by atoms with Crippen molar-refractivity contribution < 1.29 is 18.0 Å². The summed E-state index contributed by atoms with van der Waals surface area (Å²) >= 11 is 0. The molecular weight excluding hydrogens is 450 g/mol. The van der Waals surface area contributed by atoms with Crippen molar-refractivity contribution in [3.05, 3.63) is 66.2 Å². The zero-order chi connectivity index (χ0) is 25.1. The predicted octanol–water partition coefficient (Wildman–Crippen LogP) is 3.67. The van der Waals surface area contributed by atoms with Crippen LogP contribution in [-0.2, 0) is 26.2 Å². The van der Waals surface area contributed by atoms with E-state index in [1.165, 1.54) is 11.4 Å². The van der Waals surface area contributed by atoms with Crippen LogP contribution in [0.5, 0.6) is 0 Å². The molecule has 0 aromatic heterocycles. The first kappa shape index (κ1) is 27.5. The van der Waals surface area contributed by atoms with Gasteiger partial charge in [0.15, 0.2) is 0 Å². The Morgan fingerprint density at radius 3 is 2.12 bits per heavy atom. The zero-order valence-corrected chi connectivity index (χ0v) is 21.4. The second-order valence-corrected chi connectivity index (χ2v) is 10.9. The van der Waals surface area contributed by atoms with Crippen molar-refractivity contribution >= 4 is 21.8 Å². The second kappa shape index (κ2) is 13.2. The van der Waals surface area contributed by atoms with Crippen LogP contribution in [0, 0.1) is 5.92 Å². The third-order valence-electron chi connectivity index (χ3n) is 5.58. The average Bonchev–Trinajstić information content (AvgIpc) is 2.83. The summed E-state index contributed by atoms with van der Waals surface area (Å²) in [4.78, 5) is 28.0. The third-order valence-corrected chi connectivity index (χ3v) is 7.45. The van der Waals surface area contributed by atoms with Crippen molar-refractivity contribution in [2.24, 2.45) is 5.92 Å². The maximum absolute atomic E-state index is 13.3. The summed E-state index contributed by atoms with van der Waals surface area (Å²) in [6.45, 7) is 7.02. The summed E-state index contributed by atoms with van der Waals surface area (Å²) < 4.78 is 26.7. The number of carbonyl (C=O) groups excluding carboxylic acids is 2. The van der Waals surface area contributed by atoms with Crippen LogP contribution in [0.25, 0.3) is 0 Å². The molecule has 2 rings (SSSR count). The molecule has 1 N–H and O–H groups in total. The van der Waals surface area contributed by atoms with Crippen LogP contribution >= 0.6 is 0 Å². The van der Waals surface area contributed by atoms with E-state index in [1.54, 1.807) is 35.2 Å². The van der Waals surface area contributed by atoms with Gasteiger partial charge in [-0.15, -0.1) is 0 Å². The zero-order valence-electron chi connectivity index (χ0n) is 20.6. The number of hydrogen-bond acceptors (Lipinski definition) is 4. The molecule has 7 nitrogen and oxygen atoms in total. The highest BCUT2D eigenvalue weighted by molar-refractivity contribution is 7.89. The Bertz CT molecular complexity index is 1010. The number of rotatable bonds is 13. The van der Waals surface area contributed by atoms with E-state index in [-0.39, 0.29) is 29.7 Å². The molecule has 0 saturated carbocycles. The number of nitrogens with zero attached hydrogens (tertiary/aromatic N) is 2. The van der Waals surface area contributed by atoms with Crippen LogP contribution < -0.4 is 5.32 Å². The largest absolute Gasteiger partial charge is 0.354 e. The normalized spacial score (nSPS) is 12.5. The molecule has 0 heterocycles. The fraction of sp³-hybridized carbons (Fsp3) is 0.462. The highest BCUT2D eigenvalue weighted by Gasteiger charge is 2.29. The van der Waals surface area contributed by atoms with Gasteiger partial charge in [0.05, 0.1) is 4.90 Å². The summed E-state index contributed by atoms with van der Waals surface area (Å²) in [6.07, 6.45) is 0.997. The number of amides is 2. The molecule has 0 aliphatic rings. The minimum Gasteiger partial charge on any atom is -0.354 e. The maximum Gasteiger partial charge on any atom is 0.242 e. The van der Waals surface area contributed by atoms with Gasteiger partial charge < -0.3 is 10.2 Å². The van der Waals surface area contributed by atoms with Crippen LogP contribution in [0.15, 0.2) is 65.6 Å². The molecule has 0 bridgehead atoms. The summed E-state index contributed by atoms with van der Waals surface area (Å²) in [6, 6.07) is 17.2. The molecule has 186 valence electrons. The monoisotopic (exact) mass is 487 g/mol. The standard InChI is InChI=1S/C26H37N3O4S/c1-5-24(26(31)27-19-21(2)3)29(20-22-13-8-6-9-14-22)25(30)17-12-18-28(4)34(32,33)23-15-10-7-11-16-23/h6-11,13-16,21,24H,5,12,17-20H2,1-4H3,(H,27,31)/t24-/m1/s1. The van der Waals surface area contributed by atoms with E-state index in [0.717, 1.165) is 5.56 Å². The quantitative estimate of drug-likeness (QED) is 0.467. The highest BCUT2D eigenvalue weighted by Crippen LogP contribution is 2.17. The SMILES string of the molecule is CC[C@H](C(=O)NCC(C)C)N(Cc1ccccc1)C(=O)CCCN(C)S(=O)(=O)c1ccccc1. The van der Waals surface area contributed by atoms with E-state index < -0.39 is 16.1 Å². The Morgan fingerprint density at radius 2 is 1.56 bits per heavy atom. The van der Waals surface area contributed by atoms with Crippen molar-refractivity contribution in [2.75, 3.05) is 20.1 Å². The van der Waals surface area contributed by atoms with E-state index in [9.17, 15) is 18.0 Å². The number of benzene rings is 2. The van der Waals surface area contributed by atoms with Crippen LogP contribution in [-0.4, -0.2) is 55.6 Å². The van der Waals surface area contributed by atoms with Crippen LogP contribution in [0.2, 0.25) is 0 Å². The van der Waals surface area contributed by atoms with Gasteiger partial charge in [0.25, 0.3) is 0 Å². The van der Waals surface area contributed by atoms with Gasteiger partial charge >= 0.3 is 0 Å². The van der Waals surface area contributed by atoms with E-state index >= 15 is 0 Å². The van der Waals surface area contributed by atoms with Gasteiger partial charge in [-0.1, -0.05) is 69.3 Å². The fourth-order valence-electron chi connectivity index (χ4n) is 3.61. The van der Waals surface area contributed by atoms with Gasteiger partial charge in [-0.2, -0.15) is 0 Å². The second-order valence-electron chi connectivity index (χ2n) is 8.81. The van der Waals surface area contributed by atoms with Crippen LogP contribution in [0.3, 0.4) is 0 Å².